The maximum Gasteiger partial charge on any atom is 0.0443 e. The van der Waals surface area contributed by atoms with E-state index < -0.39 is 0 Å². The number of nitrogen functional groups attached to an aromatic ring is 1. The van der Waals surface area contributed by atoms with Crippen LogP contribution in [0.4, 0.5) is 5.69 Å². The van der Waals surface area contributed by atoms with Gasteiger partial charge in [0.25, 0.3) is 0 Å². The summed E-state index contributed by atoms with van der Waals surface area (Å²) in [5.74, 6) is 0. The number of hydrogen-bond acceptors (Lipinski definition) is 3. The molecule has 0 aliphatic rings. The molecule has 0 aliphatic carbocycles. The summed E-state index contributed by atoms with van der Waals surface area (Å²) in [7, 11) is 0. The molecule has 0 bridgehead atoms. The Morgan fingerprint density at radius 3 is 2.56 bits per heavy atom. The average molecular weight is 222 g/mol. The number of anilines is 1. The number of hydrogen-bond donors (Lipinski definition) is 2. The number of aliphatic hydroxyl groups excluding tert-OH is 1. The van der Waals surface area contributed by atoms with E-state index in [0.29, 0.717) is 6.04 Å². The summed E-state index contributed by atoms with van der Waals surface area (Å²) < 4.78 is 0. The molecule has 16 heavy (non-hydrogen) atoms. The van der Waals surface area contributed by atoms with Crippen LogP contribution in [0, 0.1) is 0 Å². The molecule has 3 heteroatoms. The Labute approximate surface area is 97.9 Å². The summed E-state index contributed by atoms with van der Waals surface area (Å²) in [6.45, 7) is 6.33. The molecule has 0 saturated carbocycles. The second-order valence-electron chi connectivity index (χ2n) is 4.34. The summed E-state index contributed by atoms with van der Waals surface area (Å²) >= 11 is 0. The first-order valence-electron chi connectivity index (χ1n) is 5.83. The van der Waals surface area contributed by atoms with Gasteiger partial charge in [-0.05, 0) is 31.9 Å². The zero-order valence-electron chi connectivity index (χ0n) is 10.2. The number of benzene rings is 1. The third-order valence-electron chi connectivity index (χ3n) is 2.76. The Morgan fingerprint density at radius 2 is 2.00 bits per heavy atom. The summed E-state index contributed by atoms with van der Waals surface area (Å²) in [4.78, 5) is 2.32. The van der Waals surface area contributed by atoms with Crippen LogP contribution in [0.3, 0.4) is 0 Å². The van der Waals surface area contributed by atoms with Crippen molar-refractivity contribution in [1.82, 2.24) is 4.90 Å². The number of para-hydroxylation sites is 1. The van der Waals surface area contributed by atoms with Crippen LogP contribution in [0.5, 0.6) is 0 Å². The summed E-state index contributed by atoms with van der Waals surface area (Å²) in [5.41, 5.74) is 7.93. The SMILES string of the molecule is CC(C)N(CCCO)Cc1ccccc1N. The van der Waals surface area contributed by atoms with Crippen molar-refractivity contribution >= 4 is 5.69 Å². The lowest BCUT2D eigenvalue weighted by Gasteiger charge is -2.26. The van der Waals surface area contributed by atoms with Crippen LogP contribution < -0.4 is 5.73 Å². The Balaban J connectivity index is 2.64. The van der Waals surface area contributed by atoms with Crippen molar-refractivity contribution in [3.63, 3.8) is 0 Å². The lowest BCUT2D eigenvalue weighted by Crippen LogP contribution is -2.32. The number of aliphatic hydroxyl groups is 1. The molecule has 0 spiro atoms. The summed E-state index contributed by atoms with van der Waals surface area (Å²) in [6, 6.07) is 8.41. The topological polar surface area (TPSA) is 49.5 Å². The smallest absolute Gasteiger partial charge is 0.0443 e. The van der Waals surface area contributed by atoms with E-state index >= 15 is 0 Å². The standard InChI is InChI=1S/C13H22N2O/c1-11(2)15(8-5-9-16)10-12-6-3-4-7-13(12)14/h3-4,6-7,11,16H,5,8-10,14H2,1-2H3. The van der Waals surface area contributed by atoms with Crippen molar-refractivity contribution in [2.75, 3.05) is 18.9 Å². The van der Waals surface area contributed by atoms with Crippen molar-refractivity contribution in [3.8, 4) is 0 Å². The predicted octanol–water partition coefficient (Wildman–Crippen LogP) is 1.86. The highest BCUT2D eigenvalue weighted by atomic mass is 16.3. The molecule has 3 N–H and O–H groups in total. The molecule has 0 amide bonds. The molecule has 0 unspecified atom stereocenters. The first-order chi connectivity index (χ1) is 7.65. The third kappa shape index (κ3) is 3.83. The van der Waals surface area contributed by atoms with Crippen LogP contribution in [0.15, 0.2) is 24.3 Å². The van der Waals surface area contributed by atoms with E-state index in [9.17, 15) is 0 Å². The highest BCUT2D eigenvalue weighted by molar-refractivity contribution is 5.46. The van der Waals surface area contributed by atoms with Crippen LogP contribution in [-0.4, -0.2) is 29.2 Å². The monoisotopic (exact) mass is 222 g/mol. The Kier molecular flexibility index (Phi) is 5.29. The van der Waals surface area contributed by atoms with Gasteiger partial charge < -0.3 is 10.8 Å². The molecule has 0 aromatic heterocycles. The first kappa shape index (κ1) is 13.0. The highest BCUT2D eigenvalue weighted by Crippen LogP contribution is 2.15. The van der Waals surface area contributed by atoms with Gasteiger partial charge in [0.2, 0.25) is 0 Å². The maximum absolute atomic E-state index is 8.87. The van der Waals surface area contributed by atoms with Gasteiger partial charge in [-0.15, -0.1) is 0 Å². The minimum atomic E-state index is 0.244. The Morgan fingerprint density at radius 1 is 1.31 bits per heavy atom. The maximum atomic E-state index is 8.87. The van der Waals surface area contributed by atoms with Gasteiger partial charge in [-0.2, -0.15) is 0 Å². The molecular weight excluding hydrogens is 200 g/mol. The molecule has 0 atom stereocenters. The normalized spacial score (nSPS) is 11.3. The number of nitrogens with zero attached hydrogens (tertiary/aromatic N) is 1. The van der Waals surface area contributed by atoms with Crippen LogP contribution in [-0.2, 0) is 6.54 Å². The van der Waals surface area contributed by atoms with Gasteiger partial charge >= 0.3 is 0 Å². The van der Waals surface area contributed by atoms with E-state index in [1.165, 1.54) is 0 Å². The van der Waals surface area contributed by atoms with E-state index in [1.54, 1.807) is 0 Å². The molecule has 0 aliphatic heterocycles. The zero-order valence-corrected chi connectivity index (χ0v) is 10.2. The third-order valence-corrected chi connectivity index (χ3v) is 2.76. The van der Waals surface area contributed by atoms with E-state index in [4.69, 9.17) is 10.8 Å². The molecule has 1 aromatic rings. The van der Waals surface area contributed by atoms with E-state index in [1.807, 2.05) is 18.2 Å². The van der Waals surface area contributed by atoms with Crippen LogP contribution >= 0.6 is 0 Å². The van der Waals surface area contributed by atoms with Crippen molar-refractivity contribution in [2.24, 2.45) is 0 Å². The molecule has 0 fully saturated rings. The van der Waals surface area contributed by atoms with Gasteiger partial charge in [-0.25, -0.2) is 0 Å². The van der Waals surface area contributed by atoms with Gasteiger partial charge in [0.05, 0.1) is 0 Å². The molecular formula is C13H22N2O. The molecule has 0 radical (unpaired) electrons. The van der Waals surface area contributed by atoms with Gasteiger partial charge in [0.15, 0.2) is 0 Å². The van der Waals surface area contributed by atoms with Crippen molar-refractivity contribution in [1.29, 1.82) is 0 Å². The average Bonchev–Trinajstić information content (AvgIpc) is 2.26. The molecule has 0 heterocycles. The quantitative estimate of drug-likeness (QED) is 0.722. The minimum Gasteiger partial charge on any atom is -0.398 e. The summed E-state index contributed by atoms with van der Waals surface area (Å²) in [5, 5.41) is 8.87. The zero-order chi connectivity index (χ0) is 12.0. The van der Waals surface area contributed by atoms with Crippen molar-refractivity contribution in [3.05, 3.63) is 29.8 Å². The minimum absolute atomic E-state index is 0.244. The van der Waals surface area contributed by atoms with E-state index in [-0.39, 0.29) is 6.61 Å². The largest absolute Gasteiger partial charge is 0.398 e. The predicted molar refractivity (Wildman–Crippen MR) is 68.1 cm³/mol. The Hall–Kier alpha value is -1.06. The van der Waals surface area contributed by atoms with Gasteiger partial charge in [-0.3, -0.25) is 4.90 Å². The molecule has 3 nitrogen and oxygen atoms in total. The second kappa shape index (κ2) is 6.51. The van der Waals surface area contributed by atoms with Gasteiger partial charge in [0.1, 0.15) is 0 Å². The fourth-order valence-corrected chi connectivity index (χ4v) is 1.69. The number of nitrogens with two attached hydrogens (primary N) is 1. The summed E-state index contributed by atoms with van der Waals surface area (Å²) in [6.07, 6.45) is 0.810. The van der Waals surface area contributed by atoms with Crippen LogP contribution in [0.25, 0.3) is 0 Å². The Bertz CT molecular complexity index is 313. The van der Waals surface area contributed by atoms with E-state index in [2.05, 4.69) is 24.8 Å². The van der Waals surface area contributed by atoms with Gasteiger partial charge in [0, 0.05) is 31.4 Å². The fraction of sp³-hybridized carbons (Fsp3) is 0.538. The highest BCUT2D eigenvalue weighted by Gasteiger charge is 2.10. The molecule has 1 rings (SSSR count). The molecule has 0 saturated heterocycles. The van der Waals surface area contributed by atoms with Crippen molar-refractivity contribution in [2.45, 2.75) is 32.9 Å². The lowest BCUT2D eigenvalue weighted by molar-refractivity contribution is 0.185. The molecule has 1 aromatic carbocycles. The van der Waals surface area contributed by atoms with Crippen LogP contribution in [0.1, 0.15) is 25.8 Å². The second-order valence-corrected chi connectivity index (χ2v) is 4.34. The van der Waals surface area contributed by atoms with Gasteiger partial charge in [-0.1, -0.05) is 18.2 Å². The molecule has 90 valence electrons. The fourth-order valence-electron chi connectivity index (χ4n) is 1.69. The van der Waals surface area contributed by atoms with Crippen molar-refractivity contribution < 1.29 is 5.11 Å². The lowest BCUT2D eigenvalue weighted by atomic mass is 10.1. The van der Waals surface area contributed by atoms with Crippen LogP contribution in [0.2, 0.25) is 0 Å². The number of rotatable bonds is 6. The van der Waals surface area contributed by atoms with E-state index in [0.717, 1.165) is 30.8 Å². The first-order valence-corrected chi connectivity index (χ1v) is 5.83.